The van der Waals surface area contributed by atoms with E-state index >= 15 is 0 Å². The number of alkyl carbamates (subject to hydrolysis) is 1. The average molecular weight is 378 g/mol. The molecule has 1 fully saturated rings. The molecule has 0 saturated carbocycles. The van der Waals surface area contributed by atoms with Gasteiger partial charge in [-0.05, 0) is 26.3 Å². The molecule has 1 aromatic carbocycles. The quantitative estimate of drug-likeness (QED) is 0.638. The number of nitrogens with zero attached hydrogens (tertiary/aromatic N) is 1. The Bertz CT molecular complexity index is 671. The van der Waals surface area contributed by atoms with Gasteiger partial charge in [-0.1, -0.05) is 30.3 Å². The smallest absolute Gasteiger partial charge is 0.410 e. The van der Waals surface area contributed by atoms with Crippen molar-refractivity contribution in [3.8, 4) is 0 Å². The maximum absolute atomic E-state index is 12.3. The van der Waals surface area contributed by atoms with E-state index in [9.17, 15) is 14.4 Å². The Morgan fingerprint density at radius 2 is 1.81 bits per heavy atom. The van der Waals surface area contributed by atoms with Gasteiger partial charge in [-0.25, -0.2) is 9.59 Å². The molecule has 1 aromatic rings. The number of rotatable bonds is 4. The summed E-state index contributed by atoms with van der Waals surface area (Å²) in [4.78, 5) is 37.8. The third-order valence-corrected chi connectivity index (χ3v) is 3.99. The highest BCUT2D eigenvalue weighted by molar-refractivity contribution is 5.78. The molecule has 8 heteroatoms. The number of carbonyl (C=O) groups is 3. The molecule has 0 aromatic heterocycles. The highest BCUT2D eigenvalue weighted by Crippen LogP contribution is 2.21. The molecule has 1 aliphatic heterocycles. The number of benzene rings is 1. The molecule has 1 aliphatic rings. The van der Waals surface area contributed by atoms with Gasteiger partial charge in [-0.15, -0.1) is 0 Å². The van der Waals surface area contributed by atoms with Crippen LogP contribution in [0.4, 0.5) is 9.59 Å². The first-order chi connectivity index (χ1) is 12.7. The van der Waals surface area contributed by atoms with Crippen LogP contribution in [0, 0.1) is 5.92 Å². The molecule has 148 valence electrons. The molecule has 2 amide bonds. The Hall–Kier alpha value is -2.77. The fourth-order valence-corrected chi connectivity index (χ4v) is 2.73. The first-order valence-corrected chi connectivity index (χ1v) is 8.72. The lowest BCUT2D eigenvalue weighted by Crippen LogP contribution is -2.43. The molecule has 1 N–H and O–H groups in total. The third kappa shape index (κ3) is 6.16. The van der Waals surface area contributed by atoms with Crippen LogP contribution in [0.3, 0.4) is 0 Å². The number of esters is 1. The van der Waals surface area contributed by atoms with Crippen molar-refractivity contribution < 1.29 is 28.6 Å². The fourth-order valence-electron chi connectivity index (χ4n) is 2.73. The Labute approximate surface area is 158 Å². The normalized spacial score (nSPS) is 19.3. The van der Waals surface area contributed by atoms with Crippen LogP contribution in [0.15, 0.2) is 30.3 Å². The molecule has 0 bridgehead atoms. The van der Waals surface area contributed by atoms with Crippen molar-refractivity contribution in [3.63, 3.8) is 0 Å². The number of hydrogen-bond donors (Lipinski definition) is 1. The molecule has 0 spiro atoms. The monoisotopic (exact) mass is 378 g/mol. The number of ether oxygens (including phenoxy) is 3. The molecule has 0 unspecified atom stereocenters. The van der Waals surface area contributed by atoms with Crippen LogP contribution in [0.1, 0.15) is 26.3 Å². The maximum atomic E-state index is 12.3. The second kappa shape index (κ2) is 8.75. The van der Waals surface area contributed by atoms with Crippen LogP contribution >= 0.6 is 0 Å². The first-order valence-electron chi connectivity index (χ1n) is 8.72. The van der Waals surface area contributed by atoms with Gasteiger partial charge in [0.05, 0.1) is 19.1 Å². The highest BCUT2D eigenvalue weighted by atomic mass is 16.6. The van der Waals surface area contributed by atoms with E-state index in [0.29, 0.717) is 0 Å². The molecule has 2 atom stereocenters. The van der Waals surface area contributed by atoms with Crippen molar-refractivity contribution in [3.05, 3.63) is 35.9 Å². The van der Waals surface area contributed by atoms with Crippen LogP contribution in [0.2, 0.25) is 0 Å². The number of hydrogen-bond acceptors (Lipinski definition) is 6. The van der Waals surface area contributed by atoms with E-state index in [4.69, 9.17) is 14.2 Å². The molecular weight excluding hydrogens is 352 g/mol. The summed E-state index contributed by atoms with van der Waals surface area (Å²) < 4.78 is 15.3. The molecule has 8 nitrogen and oxygen atoms in total. The van der Waals surface area contributed by atoms with Crippen LogP contribution in [0.5, 0.6) is 0 Å². The van der Waals surface area contributed by atoms with Crippen molar-refractivity contribution in [2.45, 2.75) is 39.0 Å². The standard InChI is InChI=1S/C19H26N2O6/c1-19(2,3)27-18(24)21-10-14(16(22)25-4)15(11-21)20-17(23)26-12-13-8-6-5-7-9-13/h5-9,14-15H,10-12H2,1-4H3,(H,20,23)/t14-,15-/m1/s1. The van der Waals surface area contributed by atoms with E-state index in [1.165, 1.54) is 12.0 Å². The minimum absolute atomic E-state index is 0.102. The second-order valence-corrected chi connectivity index (χ2v) is 7.33. The lowest BCUT2D eigenvalue weighted by atomic mass is 10.0. The van der Waals surface area contributed by atoms with Crippen molar-refractivity contribution in [2.75, 3.05) is 20.2 Å². The van der Waals surface area contributed by atoms with Crippen molar-refractivity contribution in [2.24, 2.45) is 5.92 Å². The molecular formula is C19H26N2O6. The van der Waals surface area contributed by atoms with Gasteiger partial charge in [0.1, 0.15) is 12.2 Å². The fraction of sp³-hybridized carbons (Fsp3) is 0.526. The Morgan fingerprint density at radius 1 is 1.15 bits per heavy atom. The lowest BCUT2D eigenvalue weighted by Gasteiger charge is -2.24. The van der Waals surface area contributed by atoms with Crippen LogP contribution in [0.25, 0.3) is 0 Å². The van der Waals surface area contributed by atoms with E-state index in [-0.39, 0.29) is 19.7 Å². The summed E-state index contributed by atoms with van der Waals surface area (Å²) >= 11 is 0. The third-order valence-electron chi connectivity index (χ3n) is 3.99. The zero-order valence-corrected chi connectivity index (χ0v) is 16.1. The van der Waals surface area contributed by atoms with E-state index in [2.05, 4.69) is 5.32 Å². The number of methoxy groups -OCH3 is 1. The predicted molar refractivity (Wildman–Crippen MR) is 96.9 cm³/mol. The Morgan fingerprint density at radius 3 is 2.41 bits per heavy atom. The highest BCUT2D eigenvalue weighted by Gasteiger charge is 2.42. The predicted octanol–water partition coefficient (Wildman–Crippen LogP) is 2.32. The van der Waals surface area contributed by atoms with Crippen molar-refractivity contribution in [1.29, 1.82) is 0 Å². The van der Waals surface area contributed by atoms with E-state index in [1.54, 1.807) is 20.8 Å². The zero-order chi connectivity index (χ0) is 20.0. The zero-order valence-electron chi connectivity index (χ0n) is 16.1. The van der Waals surface area contributed by atoms with Crippen LogP contribution < -0.4 is 5.32 Å². The average Bonchev–Trinajstić information content (AvgIpc) is 3.03. The largest absolute Gasteiger partial charge is 0.469 e. The Balaban J connectivity index is 1.96. The first kappa shape index (κ1) is 20.5. The molecule has 2 rings (SSSR count). The van der Waals surface area contributed by atoms with Gasteiger partial charge in [-0.2, -0.15) is 0 Å². The SMILES string of the molecule is COC(=O)[C@@H]1CN(C(=O)OC(C)(C)C)C[C@H]1NC(=O)OCc1ccccc1. The molecule has 0 aliphatic carbocycles. The van der Waals surface area contributed by atoms with Gasteiger partial charge in [0.25, 0.3) is 0 Å². The van der Waals surface area contributed by atoms with Gasteiger partial charge in [0.15, 0.2) is 0 Å². The summed E-state index contributed by atoms with van der Waals surface area (Å²) in [6.45, 7) is 5.62. The topological polar surface area (TPSA) is 94.2 Å². The maximum Gasteiger partial charge on any atom is 0.410 e. The number of carbonyl (C=O) groups excluding carboxylic acids is 3. The van der Waals surface area contributed by atoms with E-state index in [1.807, 2.05) is 30.3 Å². The second-order valence-electron chi connectivity index (χ2n) is 7.33. The van der Waals surface area contributed by atoms with Gasteiger partial charge in [0, 0.05) is 13.1 Å². The van der Waals surface area contributed by atoms with Gasteiger partial charge < -0.3 is 24.4 Å². The molecule has 0 radical (unpaired) electrons. The van der Waals surface area contributed by atoms with E-state index < -0.39 is 35.7 Å². The molecule has 27 heavy (non-hydrogen) atoms. The Kier molecular flexibility index (Phi) is 6.65. The number of likely N-dealkylation sites (tertiary alicyclic amines) is 1. The summed E-state index contributed by atoms with van der Waals surface area (Å²) in [5, 5.41) is 2.65. The summed E-state index contributed by atoms with van der Waals surface area (Å²) in [7, 11) is 1.27. The van der Waals surface area contributed by atoms with Crippen LogP contribution in [-0.2, 0) is 25.6 Å². The minimum atomic E-state index is -0.688. The summed E-state index contributed by atoms with van der Waals surface area (Å²) in [6.07, 6.45) is -1.21. The van der Waals surface area contributed by atoms with Crippen LogP contribution in [-0.4, -0.2) is 54.9 Å². The summed E-state index contributed by atoms with van der Waals surface area (Å²) in [5.74, 6) is -1.19. The van der Waals surface area contributed by atoms with Gasteiger partial charge in [0.2, 0.25) is 0 Å². The molecule has 1 heterocycles. The minimum Gasteiger partial charge on any atom is -0.469 e. The van der Waals surface area contributed by atoms with E-state index in [0.717, 1.165) is 5.56 Å². The molecule has 1 saturated heterocycles. The van der Waals surface area contributed by atoms with Gasteiger partial charge in [-0.3, -0.25) is 4.79 Å². The lowest BCUT2D eigenvalue weighted by molar-refractivity contribution is -0.145. The number of amides is 2. The summed E-state index contributed by atoms with van der Waals surface area (Å²) in [5.41, 5.74) is 0.191. The van der Waals surface area contributed by atoms with Crippen molar-refractivity contribution in [1.82, 2.24) is 10.2 Å². The number of nitrogens with one attached hydrogen (secondary N) is 1. The van der Waals surface area contributed by atoms with Crippen molar-refractivity contribution >= 4 is 18.2 Å². The summed E-state index contributed by atoms with van der Waals surface area (Å²) in [6, 6.07) is 8.62. The van der Waals surface area contributed by atoms with Gasteiger partial charge >= 0.3 is 18.2 Å².